The first-order valence-corrected chi connectivity index (χ1v) is 6.76. The van der Waals surface area contributed by atoms with Gasteiger partial charge in [-0.15, -0.1) is 0 Å². The molecule has 3 rings (SSSR count). The Labute approximate surface area is 118 Å². The fourth-order valence-electron chi connectivity index (χ4n) is 2.50. The molecule has 0 aliphatic heterocycles. The van der Waals surface area contributed by atoms with Crippen molar-refractivity contribution in [2.45, 2.75) is 19.3 Å². The average molecular weight is 266 g/mol. The van der Waals surface area contributed by atoms with Gasteiger partial charge in [-0.3, -0.25) is 4.98 Å². The molecule has 102 valence electrons. The first kappa shape index (κ1) is 12.7. The second kappa shape index (κ2) is 4.96. The monoisotopic (exact) mass is 266 g/mol. The number of nitrogens with zero attached hydrogens (tertiary/aromatic N) is 3. The van der Waals surface area contributed by atoms with Crippen LogP contribution in [0, 0.1) is 0 Å². The summed E-state index contributed by atoms with van der Waals surface area (Å²) in [7, 11) is 2.06. The maximum atomic E-state index is 5.73. The van der Waals surface area contributed by atoms with Gasteiger partial charge in [-0.1, -0.05) is 19.1 Å². The maximum absolute atomic E-state index is 5.73. The number of anilines is 1. The first-order valence-electron chi connectivity index (χ1n) is 6.76. The zero-order chi connectivity index (χ0) is 14.1. The molecule has 0 bridgehead atoms. The van der Waals surface area contributed by atoms with Crippen molar-refractivity contribution in [1.29, 1.82) is 0 Å². The quantitative estimate of drug-likeness (QED) is 0.742. The number of imidazole rings is 1. The van der Waals surface area contributed by atoms with E-state index in [-0.39, 0.29) is 0 Å². The fourth-order valence-corrected chi connectivity index (χ4v) is 2.50. The van der Waals surface area contributed by atoms with Crippen molar-refractivity contribution in [2.75, 3.05) is 5.73 Å². The highest BCUT2D eigenvalue weighted by Crippen LogP contribution is 2.22. The van der Waals surface area contributed by atoms with E-state index < -0.39 is 0 Å². The van der Waals surface area contributed by atoms with Crippen LogP contribution in [0.2, 0.25) is 0 Å². The molecule has 0 spiro atoms. The van der Waals surface area contributed by atoms with E-state index in [1.807, 2.05) is 24.4 Å². The van der Waals surface area contributed by atoms with E-state index in [0.717, 1.165) is 29.0 Å². The zero-order valence-corrected chi connectivity index (χ0v) is 11.7. The molecule has 0 radical (unpaired) electrons. The zero-order valence-electron chi connectivity index (χ0n) is 11.7. The van der Waals surface area contributed by atoms with E-state index in [0.29, 0.717) is 5.92 Å². The molecule has 0 aliphatic carbocycles. The average Bonchev–Trinajstić information content (AvgIpc) is 2.77. The molecular weight excluding hydrogens is 248 g/mol. The summed E-state index contributed by atoms with van der Waals surface area (Å²) in [5.41, 5.74) is 9.89. The minimum Gasteiger partial charge on any atom is -0.399 e. The summed E-state index contributed by atoms with van der Waals surface area (Å²) in [6, 6.07) is 10.1. The highest BCUT2D eigenvalue weighted by Gasteiger charge is 2.12. The van der Waals surface area contributed by atoms with Crippen molar-refractivity contribution in [3.63, 3.8) is 0 Å². The SMILES string of the molecule is CC(Cc1nc2cnccc2n1C)c1ccc(N)cc1. The molecule has 1 aromatic carbocycles. The Balaban J connectivity index is 1.89. The van der Waals surface area contributed by atoms with Crippen LogP contribution < -0.4 is 5.73 Å². The first-order chi connectivity index (χ1) is 9.65. The van der Waals surface area contributed by atoms with E-state index in [4.69, 9.17) is 5.73 Å². The van der Waals surface area contributed by atoms with Crippen LogP contribution in [0.3, 0.4) is 0 Å². The van der Waals surface area contributed by atoms with Crippen LogP contribution in [-0.2, 0) is 13.5 Å². The lowest BCUT2D eigenvalue weighted by Gasteiger charge is -2.12. The number of aromatic nitrogens is 3. The lowest BCUT2D eigenvalue weighted by atomic mass is 9.97. The molecule has 3 aromatic rings. The van der Waals surface area contributed by atoms with Gasteiger partial charge < -0.3 is 10.3 Å². The summed E-state index contributed by atoms with van der Waals surface area (Å²) in [6.45, 7) is 2.21. The van der Waals surface area contributed by atoms with Crippen molar-refractivity contribution in [3.8, 4) is 0 Å². The number of aryl methyl sites for hydroxylation is 1. The molecular formula is C16H18N4. The van der Waals surface area contributed by atoms with E-state index in [9.17, 15) is 0 Å². The molecule has 20 heavy (non-hydrogen) atoms. The molecule has 2 aromatic heterocycles. The van der Waals surface area contributed by atoms with Crippen LogP contribution in [0.15, 0.2) is 42.7 Å². The van der Waals surface area contributed by atoms with Crippen molar-refractivity contribution in [1.82, 2.24) is 14.5 Å². The highest BCUT2D eigenvalue weighted by molar-refractivity contribution is 5.74. The summed E-state index contributed by atoms with van der Waals surface area (Å²) >= 11 is 0. The fraction of sp³-hybridized carbons (Fsp3) is 0.250. The molecule has 1 unspecified atom stereocenters. The second-order valence-corrected chi connectivity index (χ2v) is 5.22. The molecule has 0 aliphatic rings. The number of pyridine rings is 1. The largest absolute Gasteiger partial charge is 0.399 e. The van der Waals surface area contributed by atoms with E-state index in [2.05, 4.69) is 40.6 Å². The predicted molar refractivity (Wildman–Crippen MR) is 81.5 cm³/mol. The van der Waals surface area contributed by atoms with Gasteiger partial charge in [0.05, 0.1) is 11.7 Å². The Kier molecular flexibility index (Phi) is 3.14. The Hall–Kier alpha value is -2.36. The summed E-state index contributed by atoms with van der Waals surface area (Å²) in [6.07, 6.45) is 4.51. The number of hydrogen-bond acceptors (Lipinski definition) is 3. The minimum atomic E-state index is 0.402. The predicted octanol–water partition coefficient (Wildman–Crippen LogP) is 2.90. The second-order valence-electron chi connectivity index (χ2n) is 5.22. The normalized spacial score (nSPS) is 12.7. The Morgan fingerprint density at radius 2 is 1.95 bits per heavy atom. The van der Waals surface area contributed by atoms with E-state index in [1.54, 1.807) is 6.20 Å². The molecule has 0 saturated heterocycles. The number of benzene rings is 1. The van der Waals surface area contributed by atoms with E-state index >= 15 is 0 Å². The van der Waals surface area contributed by atoms with Gasteiger partial charge >= 0.3 is 0 Å². The lowest BCUT2D eigenvalue weighted by molar-refractivity contribution is 0.690. The van der Waals surface area contributed by atoms with Crippen LogP contribution >= 0.6 is 0 Å². The van der Waals surface area contributed by atoms with Crippen molar-refractivity contribution in [2.24, 2.45) is 7.05 Å². The van der Waals surface area contributed by atoms with Crippen LogP contribution in [0.5, 0.6) is 0 Å². The number of rotatable bonds is 3. The van der Waals surface area contributed by atoms with Gasteiger partial charge in [0.15, 0.2) is 0 Å². The number of nitrogens with two attached hydrogens (primary N) is 1. The Morgan fingerprint density at radius 1 is 1.20 bits per heavy atom. The van der Waals surface area contributed by atoms with Crippen LogP contribution in [-0.4, -0.2) is 14.5 Å². The summed E-state index contributed by atoms with van der Waals surface area (Å²) in [4.78, 5) is 8.80. The number of fused-ring (bicyclic) bond motifs is 1. The summed E-state index contributed by atoms with van der Waals surface area (Å²) in [5.74, 6) is 1.48. The van der Waals surface area contributed by atoms with Crippen LogP contribution in [0.1, 0.15) is 24.2 Å². The third-order valence-electron chi connectivity index (χ3n) is 3.77. The van der Waals surface area contributed by atoms with Crippen molar-refractivity contribution < 1.29 is 0 Å². The molecule has 4 heteroatoms. The van der Waals surface area contributed by atoms with Crippen molar-refractivity contribution in [3.05, 3.63) is 54.1 Å². The summed E-state index contributed by atoms with van der Waals surface area (Å²) in [5, 5.41) is 0. The highest BCUT2D eigenvalue weighted by atomic mass is 15.1. The van der Waals surface area contributed by atoms with Gasteiger partial charge in [-0.05, 0) is 29.7 Å². The number of hydrogen-bond donors (Lipinski definition) is 1. The molecule has 4 nitrogen and oxygen atoms in total. The topological polar surface area (TPSA) is 56.7 Å². The van der Waals surface area contributed by atoms with Gasteiger partial charge in [0, 0.05) is 25.4 Å². The van der Waals surface area contributed by atoms with Gasteiger partial charge in [-0.2, -0.15) is 0 Å². The third kappa shape index (κ3) is 2.25. The van der Waals surface area contributed by atoms with E-state index in [1.165, 1.54) is 5.56 Å². The van der Waals surface area contributed by atoms with Gasteiger partial charge in [0.1, 0.15) is 11.3 Å². The molecule has 0 saturated carbocycles. The Morgan fingerprint density at radius 3 is 2.65 bits per heavy atom. The van der Waals surface area contributed by atoms with Crippen molar-refractivity contribution >= 4 is 16.7 Å². The number of nitrogen functional groups attached to an aromatic ring is 1. The molecule has 2 N–H and O–H groups in total. The molecule has 0 fully saturated rings. The van der Waals surface area contributed by atoms with Crippen LogP contribution in [0.4, 0.5) is 5.69 Å². The lowest BCUT2D eigenvalue weighted by Crippen LogP contribution is -2.04. The smallest absolute Gasteiger partial charge is 0.110 e. The summed E-state index contributed by atoms with van der Waals surface area (Å²) < 4.78 is 2.14. The maximum Gasteiger partial charge on any atom is 0.110 e. The van der Waals surface area contributed by atoms with Crippen LogP contribution in [0.25, 0.3) is 11.0 Å². The molecule has 2 heterocycles. The Bertz CT molecular complexity index is 728. The van der Waals surface area contributed by atoms with Gasteiger partial charge in [0.25, 0.3) is 0 Å². The molecule has 1 atom stereocenters. The van der Waals surface area contributed by atoms with Gasteiger partial charge in [-0.25, -0.2) is 4.98 Å². The standard InChI is InChI=1S/C16H18N4/c1-11(12-3-5-13(17)6-4-12)9-16-19-14-10-18-8-7-15(14)20(16)2/h3-8,10-11H,9,17H2,1-2H3. The minimum absolute atomic E-state index is 0.402. The van der Waals surface area contributed by atoms with Gasteiger partial charge in [0.2, 0.25) is 0 Å². The molecule has 0 amide bonds. The third-order valence-corrected chi connectivity index (χ3v) is 3.77.